The lowest BCUT2D eigenvalue weighted by Gasteiger charge is -2.10. The fraction of sp³-hybridized carbons (Fsp3) is 0.286. The van der Waals surface area contributed by atoms with Crippen molar-refractivity contribution in [3.8, 4) is 0 Å². The van der Waals surface area contributed by atoms with Gasteiger partial charge in [-0.25, -0.2) is 9.97 Å². The van der Waals surface area contributed by atoms with Gasteiger partial charge in [-0.3, -0.25) is 0 Å². The molecule has 0 bridgehead atoms. The first-order valence-corrected chi connectivity index (χ1v) is 6.33. The number of aromatic nitrogens is 2. The second-order valence-corrected chi connectivity index (χ2v) is 3.93. The molecule has 0 saturated carbocycles. The Labute approximate surface area is 113 Å². The van der Waals surface area contributed by atoms with E-state index in [0.29, 0.717) is 5.95 Å². The van der Waals surface area contributed by atoms with Crippen LogP contribution in [0.2, 0.25) is 0 Å². The Kier molecular flexibility index (Phi) is 5.79. The number of rotatable bonds is 2. The van der Waals surface area contributed by atoms with Crippen molar-refractivity contribution in [1.82, 2.24) is 15.3 Å². The summed E-state index contributed by atoms with van der Waals surface area (Å²) in [5.41, 5.74) is 0.994. The minimum Gasteiger partial charge on any atom is -0.379 e. The molecule has 1 aliphatic heterocycles. The number of ether oxygens (including phenoxy) is 1. The standard InChI is InChI=1S/C10H9N3.C4H9NO/c1-2-5-9(6-3-1)13-10-11-7-4-8-12-10;1-3-6-4-2-5-1/h1-8H,(H,11,12,13);5H,1-4H2. The topological polar surface area (TPSA) is 59.1 Å². The van der Waals surface area contributed by atoms with E-state index in [9.17, 15) is 0 Å². The van der Waals surface area contributed by atoms with Crippen LogP contribution in [0, 0.1) is 0 Å². The van der Waals surface area contributed by atoms with Gasteiger partial charge in [-0.05, 0) is 18.2 Å². The van der Waals surface area contributed by atoms with Gasteiger partial charge in [0.25, 0.3) is 0 Å². The molecule has 1 fully saturated rings. The molecule has 2 N–H and O–H groups in total. The quantitative estimate of drug-likeness (QED) is 0.860. The highest BCUT2D eigenvalue weighted by Crippen LogP contribution is 2.09. The summed E-state index contributed by atoms with van der Waals surface area (Å²) >= 11 is 0. The van der Waals surface area contributed by atoms with Gasteiger partial charge in [0.05, 0.1) is 13.2 Å². The number of nitrogens with zero attached hydrogens (tertiary/aromatic N) is 2. The first-order chi connectivity index (χ1) is 9.45. The Bertz CT molecular complexity index is 397. The molecule has 0 spiro atoms. The number of anilines is 2. The van der Waals surface area contributed by atoms with Crippen LogP contribution in [0.5, 0.6) is 0 Å². The highest BCUT2D eigenvalue weighted by Gasteiger charge is 1.93. The second kappa shape index (κ2) is 8.18. The zero-order chi connectivity index (χ0) is 13.2. The Morgan fingerprint density at radius 1 is 0.947 bits per heavy atom. The van der Waals surface area contributed by atoms with Gasteiger partial charge >= 0.3 is 0 Å². The van der Waals surface area contributed by atoms with Crippen molar-refractivity contribution in [2.45, 2.75) is 0 Å². The van der Waals surface area contributed by atoms with E-state index < -0.39 is 0 Å². The van der Waals surface area contributed by atoms with Crippen molar-refractivity contribution in [2.75, 3.05) is 31.6 Å². The van der Waals surface area contributed by atoms with Crippen LogP contribution in [0.4, 0.5) is 11.6 Å². The van der Waals surface area contributed by atoms with Gasteiger partial charge in [0.15, 0.2) is 0 Å². The molecule has 1 aliphatic rings. The first-order valence-electron chi connectivity index (χ1n) is 6.33. The Morgan fingerprint density at radius 3 is 2.16 bits per heavy atom. The molecule has 0 aliphatic carbocycles. The predicted octanol–water partition coefficient (Wildman–Crippen LogP) is 1.83. The largest absolute Gasteiger partial charge is 0.379 e. The predicted molar refractivity (Wildman–Crippen MR) is 75.4 cm³/mol. The molecule has 0 amide bonds. The molecule has 100 valence electrons. The zero-order valence-electron chi connectivity index (χ0n) is 10.7. The molecule has 1 saturated heterocycles. The van der Waals surface area contributed by atoms with E-state index >= 15 is 0 Å². The van der Waals surface area contributed by atoms with Gasteiger partial charge in [-0.2, -0.15) is 0 Å². The maximum atomic E-state index is 5.01. The average Bonchev–Trinajstić information content (AvgIpc) is 2.52. The van der Waals surface area contributed by atoms with Crippen LogP contribution in [0.3, 0.4) is 0 Å². The van der Waals surface area contributed by atoms with E-state index in [4.69, 9.17) is 4.74 Å². The maximum absolute atomic E-state index is 5.01. The third-order valence-corrected chi connectivity index (χ3v) is 2.44. The van der Waals surface area contributed by atoms with Crippen molar-refractivity contribution in [3.63, 3.8) is 0 Å². The summed E-state index contributed by atoms with van der Waals surface area (Å²) in [6.07, 6.45) is 3.41. The minimum atomic E-state index is 0.619. The van der Waals surface area contributed by atoms with Gasteiger partial charge in [-0.15, -0.1) is 0 Å². The number of hydrogen-bond acceptors (Lipinski definition) is 5. The Hall–Kier alpha value is -1.98. The van der Waals surface area contributed by atoms with Crippen molar-refractivity contribution < 1.29 is 4.74 Å². The van der Waals surface area contributed by atoms with Crippen LogP contribution >= 0.6 is 0 Å². The van der Waals surface area contributed by atoms with Crippen LogP contribution in [-0.2, 0) is 4.74 Å². The van der Waals surface area contributed by atoms with Gasteiger partial charge in [0, 0.05) is 31.2 Å². The number of morpholine rings is 1. The van der Waals surface area contributed by atoms with E-state index in [1.165, 1.54) is 0 Å². The lowest BCUT2D eigenvalue weighted by Crippen LogP contribution is -2.30. The first kappa shape index (κ1) is 13.5. The summed E-state index contributed by atoms with van der Waals surface area (Å²) in [7, 11) is 0. The maximum Gasteiger partial charge on any atom is 0.227 e. The van der Waals surface area contributed by atoms with Crippen LogP contribution < -0.4 is 10.6 Å². The summed E-state index contributed by atoms with van der Waals surface area (Å²) in [4.78, 5) is 8.10. The number of benzene rings is 1. The Balaban J connectivity index is 0.000000186. The second-order valence-electron chi connectivity index (χ2n) is 3.93. The van der Waals surface area contributed by atoms with Gasteiger partial charge in [0.1, 0.15) is 0 Å². The molecule has 1 aromatic heterocycles. The minimum absolute atomic E-state index is 0.619. The lowest BCUT2D eigenvalue weighted by atomic mass is 10.3. The molecule has 0 atom stereocenters. The molecule has 5 heteroatoms. The number of nitrogens with one attached hydrogen (secondary N) is 2. The molecule has 5 nitrogen and oxygen atoms in total. The highest BCUT2D eigenvalue weighted by atomic mass is 16.5. The van der Waals surface area contributed by atoms with E-state index in [0.717, 1.165) is 32.0 Å². The molecule has 2 aromatic rings. The third kappa shape index (κ3) is 5.46. The fourth-order valence-electron chi connectivity index (χ4n) is 1.53. The summed E-state index contributed by atoms with van der Waals surface area (Å²) in [6.45, 7) is 3.83. The molecule has 0 unspecified atom stereocenters. The number of hydrogen-bond donors (Lipinski definition) is 2. The smallest absolute Gasteiger partial charge is 0.227 e. The van der Waals surface area contributed by atoms with Gasteiger partial charge < -0.3 is 15.4 Å². The molecule has 3 rings (SSSR count). The molecular formula is C14H18N4O. The summed E-state index contributed by atoms with van der Waals surface area (Å²) < 4.78 is 5.01. The molecule has 0 radical (unpaired) electrons. The zero-order valence-corrected chi connectivity index (χ0v) is 10.7. The van der Waals surface area contributed by atoms with Gasteiger partial charge in [0.2, 0.25) is 5.95 Å². The van der Waals surface area contributed by atoms with Crippen molar-refractivity contribution in [3.05, 3.63) is 48.8 Å². The third-order valence-electron chi connectivity index (χ3n) is 2.44. The monoisotopic (exact) mass is 258 g/mol. The van der Waals surface area contributed by atoms with E-state index in [1.807, 2.05) is 30.3 Å². The summed E-state index contributed by atoms with van der Waals surface area (Å²) in [5, 5.41) is 6.24. The molecule has 2 heterocycles. The van der Waals surface area contributed by atoms with E-state index in [1.54, 1.807) is 18.5 Å². The molecule has 19 heavy (non-hydrogen) atoms. The summed E-state index contributed by atoms with van der Waals surface area (Å²) in [5.74, 6) is 0.619. The number of para-hydroxylation sites is 1. The fourth-order valence-corrected chi connectivity index (χ4v) is 1.53. The van der Waals surface area contributed by atoms with E-state index in [-0.39, 0.29) is 0 Å². The van der Waals surface area contributed by atoms with Crippen molar-refractivity contribution in [1.29, 1.82) is 0 Å². The van der Waals surface area contributed by atoms with Crippen LogP contribution in [0.1, 0.15) is 0 Å². The van der Waals surface area contributed by atoms with E-state index in [2.05, 4.69) is 20.6 Å². The highest BCUT2D eigenvalue weighted by molar-refractivity contribution is 5.52. The lowest BCUT2D eigenvalue weighted by molar-refractivity contribution is 0.109. The normalized spacial score (nSPS) is 14.1. The van der Waals surface area contributed by atoms with Crippen LogP contribution in [0.15, 0.2) is 48.8 Å². The molecular weight excluding hydrogens is 240 g/mol. The molecule has 1 aromatic carbocycles. The average molecular weight is 258 g/mol. The van der Waals surface area contributed by atoms with Crippen LogP contribution in [0.25, 0.3) is 0 Å². The Morgan fingerprint density at radius 2 is 1.63 bits per heavy atom. The van der Waals surface area contributed by atoms with Crippen molar-refractivity contribution >= 4 is 11.6 Å². The van der Waals surface area contributed by atoms with Crippen molar-refractivity contribution in [2.24, 2.45) is 0 Å². The summed E-state index contributed by atoms with van der Waals surface area (Å²) in [6, 6.07) is 11.6. The SMILES string of the molecule is C1COCCN1.c1ccc(Nc2ncccn2)cc1. The van der Waals surface area contributed by atoms with Crippen LogP contribution in [-0.4, -0.2) is 36.3 Å². The van der Waals surface area contributed by atoms with Gasteiger partial charge in [-0.1, -0.05) is 18.2 Å².